The van der Waals surface area contributed by atoms with Crippen molar-refractivity contribution in [3.05, 3.63) is 46.3 Å². The number of nitrogens with zero attached hydrogens (tertiary/aromatic N) is 2. The summed E-state index contributed by atoms with van der Waals surface area (Å²) in [5, 5.41) is 0. The molecule has 0 unspecified atom stereocenters. The first-order valence-electron chi connectivity index (χ1n) is 9.01. The van der Waals surface area contributed by atoms with Gasteiger partial charge in [0.1, 0.15) is 0 Å². The Morgan fingerprint density at radius 2 is 1.75 bits per heavy atom. The molecule has 0 aliphatic rings. The molecule has 0 N–H and O–H groups in total. The van der Waals surface area contributed by atoms with Gasteiger partial charge in [-0.1, -0.05) is 24.3 Å². The van der Waals surface area contributed by atoms with Gasteiger partial charge in [0.05, 0.1) is 31.5 Å². The summed E-state index contributed by atoms with van der Waals surface area (Å²) in [6.45, 7) is 4.96. The average Bonchev–Trinajstić information content (AvgIpc) is 3.02. The standard InChI is InChI=1S/C21H24N2O4S/c1-6-9-23-15-8-7-13(2)10-18(15)28-21(23)22-20(24)14-11-16(25-3)19(27-5)17(12-14)26-4/h7-8,10-12H,6,9H2,1-5H3. The van der Waals surface area contributed by atoms with E-state index in [0.717, 1.165) is 23.2 Å². The predicted molar refractivity (Wildman–Crippen MR) is 111 cm³/mol. The molecule has 3 aromatic rings. The zero-order valence-electron chi connectivity index (χ0n) is 16.7. The number of benzene rings is 2. The number of aromatic nitrogens is 1. The molecule has 0 saturated carbocycles. The van der Waals surface area contributed by atoms with Crippen molar-refractivity contribution >= 4 is 27.5 Å². The number of rotatable bonds is 6. The third kappa shape index (κ3) is 3.75. The van der Waals surface area contributed by atoms with Crippen molar-refractivity contribution in [2.24, 2.45) is 4.99 Å². The highest BCUT2D eigenvalue weighted by Gasteiger charge is 2.17. The van der Waals surface area contributed by atoms with Crippen molar-refractivity contribution < 1.29 is 19.0 Å². The second-order valence-electron chi connectivity index (χ2n) is 6.34. The minimum Gasteiger partial charge on any atom is -0.493 e. The monoisotopic (exact) mass is 400 g/mol. The van der Waals surface area contributed by atoms with Crippen LogP contribution in [0.3, 0.4) is 0 Å². The number of aryl methyl sites for hydroxylation is 2. The first-order chi connectivity index (χ1) is 13.5. The van der Waals surface area contributed by atoms with Crippen molar-refractivity contribution in [1.82, 2.24) is 4.57 Å². The summed E-state index contributed by atoms with van der Waals surface area (Å²) < 4.78 is 19.2. The van der Waals surface area contributed by atoms with Gasteiger partial charge in [0.15, 0.2) is 16.3 Å². The van der Waals surface area contributed by atoms with Gasteiger partial charge < -0.3 is 18.8 Å². The maximum Gasteiger partial charge on any atom is 0.279 e. The van der Waals surface area contributed by atoms with Gasteiger partial charge in [-0.15, -0.1) is 0 Å². The lowest BCUT2D eigenvalue weighted by Crippen LogP contribution is -2.17. The van der Waals surface area contributed by atoms with E-state index in [1.807, 2.05) is 0 Å². The van der Waals surface area contributed by atoms with Crippen molar-refractivity contribution in [3.63, 3.8) is 0 Å². The number of carbonyl (C=O) groups is 1. The number of carbonyl (C=O) groups excluding carboxylic acids is 1. The highest BCUT2D eigenvalue weighted by Crippen LogP contribution is 2.38. The Morgan fingerprint density at radius 1 is 1.07 bits per heavy atom. The fourth-order valence-electron chi connectivity index (χ4n) is 3.06. The van der Waals surface area contributed by atoms with Crippen molar-refractivity contribution in [2.75, 3.05) is 21.3 Å². The Balaban J connectivity index is 2.14. The number of thiazole rings is 1. The molecule has 0 atom stereocenters. The molecule has 148 valence electrons. The van der Waals surface area contributed by atoms with E-state index < -0.39 is 0 Å². The van der Waals surface area contributed by atoms with Crippen LogP contribution in [0.5, 0.6) is 17.2 Å². The Kier molecular flexibility index (Phi) is 6.04. The minimum atomic E-state index is -0.354. The van der Waals surface area contributed by atoms with Crippen LogP contribution >= 0.6 is 11.3 Å². The molecular formula is C21H24N2O4S. The first-order valence-corrected chi connectivity index (χ1v) is 9.83. The number of methoxy groups -OCH3 is 3. The van der Waals surface area contributed by atoms with E-state index >= 15 is 0 Å². The van der Waals surface area contributed by atoms with Gasteiger partial charge in [-0.05, 0) is 43.2 Å². The molecule has 1 aromatic heterocycles. The van der Waals surface area contributed by atoms with Gasteiger partial charge in [0.25, 0.3) is 5.91 Å². The molecule has 0 spiro atoms. The molecule has 6 nitrogen and oxygen atoms in total. The molecule has 7 heteroatoms. The highest BCUT2D eigenvalue weighted by molar-refractivity contribution is 7.16. The van der Waals surface area contributed by atoms with Crippen LogP contribution in [0.2, 0.25) is 0 Å². The smallest absolute Gasteiger partial charge is 0.279 e. The zero-order valence-corrected chi connectivity index (χ0v) is 17.6. The molecule has 1 amide bonds. The second-order valence-corrected chi connectivity index (χ2v) is 7.35. The molecule has 0 aliphatic carbocycles. The minimum absolute atomic E-state index is 0.354. The molecule has 0 aliphatic heterocycles. The molecule has 1 heterocycles. The fourth-order valence-corrected chi connectivity index (χ4v) is 4.21. The number of amides is 1. The molecule has 0 fully saturated rings. The van der Waals surface area contributed by atoms with Gasteiger partial charge in [0, 0.05) is 12.1 Å². The summed E-state index contributed by atoms with van der Waals surface area (Å²) in [4.78, 5) is 18.0. The summed E-state index contributed by atoms with van der Waals surface area (Å²) in [7, 11) is 4.57. The van der Waals surface area contributed by atoms with Gasteiger partial charge >= 0.3 is 0 Å². The SMILES string of the molecule is CCCn1c(=NC(=O)c2cc(OC)c(OC)c(OC)c2)sc2cc(C)ccc21. The van der Waals surface area contributed by atoms with E-state index in [1.54, 1.807) is 12.1 Å². The maximum atomic E-state index is 12.9. The van der Waals surface area contributed by atoms with Crippen LogP contribution in [0.1, 0.15) is 29.3 Å². The molecule has 2 aromatic carbocycles. The Bertz CT molecular complexity index is 1060. The Morgan fingerprint density at radius 3 is 2.32 bits per heavy atom. The number of fused-ring (bicyclic) bond motifs is 1. The largest absolute Gasteiger partial charge is 0.493 e. The highest BCUT2D eigenvalue weighted by atomic mass is 32.1. The summed E-state index contributed by atoms with van der Waals surface area (Å²) in [5.74, 6) is 0.940. The summed E-state index contributed by atoms with van der Waals surface area (Å²) >= 11 is 1.52. The molecule has 28 heavy (non-hydrogen) atoms. The summed E-state index contributed by atoms with van der Waals surface area (Å²) in [5.41, 5.74) is 2.65. The van der Waals surface area contributed by atoms with E-state index in [-0.39, 0.29) is 5.91 Å². The van der Waals surface area contributed by atoms with Crippen LogP contribution in [0, 0.1) is 6.92 Å². The Labute approximate surface area is 168 Å². The normalized spacial score (nSPS) is 11.7. The van der Waals surface area contributed by atoms with Gasteiger partial charge in [0.2, 0.25) is 5.75 Å². The first kappa shape index (κ1) is 19.9. The van der Waals surface area contributed by atoms with Crippen molar-refractivity contribution in [1.29, 1.82) is 0 Å². The van der Waals surface area contributed by atoms with Gasteiger partial charge in [-0.3, -0.25) is 4.79 Å². The molecule has 0 bridgehead atoms. The topological polar surface area (TPSA) is 62.1 Å². The van der Waals surface area contributed by atoms with Gasteiger partial charge in [-0.25, -0.2) is 0 Å². The average molecular weight is 401 g/mol. The number of hydrogen-bond donors (Lipinski definition) is 0. The quantitative estimate of drug-likeness (QED) is 0.622. The van der Waals surface area contributed by atoms with Crippen LogP contribution in [-0.4, -0.2) is 31.8 Å². The Hall–Kier alpha value is -2.80. The third-order valence-corrected chi connectivity index (χ3v) is 5.44. The number of hydrogen-bond acceptors (Lipinski definition) is 5. The van der Waals surface area contributed by atoms with E-state index in [0.29, 0.717) is 27.6 Å². The lowest BCUT2D eigenvalue weighted by Gasteiger charge is -2.12. The van der Waals surface area contributed by atoms with Crippen molar-refractivity contribution in [3.8, 4) is 17.2 Å². The van der Waals surface area contributed by atoms with E-state index in [1.165, 1.54) is 38.2 Å². The second kappa shape index (κ2) is 8.48. The van der Waals surface area contributed by atoms with E-state index in [4.69, 9.17) is 14.2 Å². The van der Waals surface area contributed by atoms with Crippen molar-refractivity contribution in [2.45, 2.75) is 26.8 Å². The van der Waals surface area contributed by atoms with Crippen LogP contribution in [-0.2, 0) is 6.54 Å². The van der Waals surface area contributed by atoms with Gasteiger partial charge in [-0.2, -0.15) is 4.99 Å². The van der Waals surface area contributed by atoms with Crippen LogP contribution in [0.4, 0.5) is 0 Å². The van der Waals surface area contributed by atoms with Crippen LogP contribution in [0.25, 0.3) is 10.2 Å². The molecule has 0 saturated heterocycles. The summed E-state index contributed by atoms with van der Waals surface area (Å²) in [6.07, 6.45) is 0.950. The lowest BCUT2D eigenvalue weighted by molar-refractivity contribution is 0.0997. The summed E-state index contributed by atoms with van der Waals surface area (Å²) in [6, 6.07) is 9.52. The molecule has 0 radical (unpaired) electrons. The maximum absolute atomic E-state index is 12.9. The fraction of sp³-hybridized carbons (Fsp3) is 0.333. The zero-order chi connectivity index (χ0) is 20.3. The lowest BCUT2D eigenvalue weighted by atomic mass is 10.1. The predicted octanol–water partition coefficient (Wildman–Crippen LogP) is 4.19. The van der Waals surface area contributed by atoms with E-state index in [9.17, 15) is 4.79 Å². The molecule has 3 rings (SSSR count). The molecular weight excluding hydrogens is 376 g/mol. The van der Waals surface area contributed by atoms with E-state index in [2.05, 4.69) is 41.6 Å². The van der Waals surface area contributed by atoms with Crippen LogP contribution < -0.4 is 19.0 Å². The number of ether oxygens (including phenoxy) is 3. The van der Waals surface area contributed by atoms with Crippen LogP contribution in [0.15, 0.2) is 35.3 Å². The third-order valence-electron chi connectivity index (χ3n) is 4.39.